The molecule has 35 heavy (non-hydrogen) atoms. The largest absolute Gasteiger partial charge is 0.487 e. The lowest BCUT2D eigenvalue weighted by molar-refractivity contribution is -0.143. The second kappa shape index (κ2) is 7.61. The summed E-state index contributed by atoms with van der Waals surface area (Å²) in [7, 11) is 0. The third-order valence-corrected chi connectivity index (χ3v) is 5.25. The maximum Gasteiger partial charge on any atom is 0.434 e. The SMILES string of the molecule is O=C(Nc1ccnc(C(F)(F)F)c1)c1cnn(-c2ccc3[nH]c(=O)n4c3c2OCC4)c1C(F)(F)F. The Bertz CT molecular complexity index is 1530. The van der Waals surface area contributed by atoms with Crippen molar-refractivity contribution in [3.05, 3.63) is 64.1 Å². The Kier molecular flexibility index (Phi) is 4.89. The van der Waals surface area contributed by atoms with E-state index in [0.717, 1.165) is 12.3 Å². The minimum Gasteiger partial charge on any atom is -0.487 e. The van der Waals surface area contributed by atoms with Crippen LogP contribution in [0.4, 0.5) is 32.0 Å². The average Bonchev–Trinajstić information content (AvgIpc) is 3.37. The number of carbonyl (C=O) groups is 1. The first-order valence-corrected chi connectivity index (χ1v) is 9.83. The highest BCUT2D eigenvalue weighted by atomic mass is 19.4. The Balaban J connectivity index is 1.60. The van der Waals surface area contributed by atoms with Gasteiger partial charge in [-0.15, -0.1) is 0 Å². The van der Waals surface area contributed by atoms with Crippen LogP contribution in [0.3, 0.4) is 0 Å². The topological polar surface area (TPSA) is 107 Å². The van der Waals surface area contributed by atoms with Gasteiger partial charge in [-0.25, -0.2) is 9.48 Å². The van der Waals surface area contributed by atoms with Crippen LogP contribution in [0.15, 0.2) is 41.5 Å². The molecule has 0 atom stereocenters. The molecule has 1 aromatic carbocycles. The highest BCUT2D eigenvalue weighted by molar-refractivity contribution is 6.05. The summed E-state index contributed by atoms with van der Waals surface area (Å²) in [5.74, 6) is -1.38. The Morgan fingerprint density at radius 1 is 1.11 bits per heavy atom. The van der Waals surface area contributed by atoms with Crippen molar-refractivity contribution in [2.75, 3.05) is 11.9 Å². The molecule has 3 aromatic heterocycles. The van der Waals surface area contributed by atoms with Crippen LogP contribution in [0.2, 0.25) is 0 Å². The minimum atomic E-state index is -5.09. The Hall–Kier alpha value is -4.30. The molecule has 5 rings (SSSR count). The van der Waals surface area contributed by atoms with Crippen molar-refractivity contribution < 1.29 is 35.9 Å². The fourth-order valence-corrected chi connectivity index (χ4v) is 3.81. The molecule has 0 fully saturated rings. The van der Waals surface area contributed by atoms with Gasteiger partial charge in [0.2, 0.25) is 0 Å². The molecule has 2 N–H and O–H groups in total. The van der Waals surface area contributed by atoms with Crippen LogP contribution >= 0.6 is 0 Å². The van der Waals surface area contributed by atoms with Crippen molar-refractivity contribution in [3.8, 4) is 11.4 Å². The van der Waals surface area contributed by atoms with E-state index in [4.69, 9.17) is 4.74 Å². The molecule has 1 aliphatic rings. The number of carbonyl (C=O) groups excluding carboxylic acids is 1. The summed E-state index contributed by atoms with van der Waals surface area (Å²) in [6.07, 6.45) is -8.50. The number of nitrogens with zero attached hydrogens (tertiary/aromatic N) is 4. The molecule has 0 saturated carbocycles. The number of hydrogen-bond donors (Lipinski definition) is 2. The predicted molar refractivity (Wildman–Crippen MR) is 107 cm³/mol. The number of aromatic amines is 1. The van der Waals surface area contributed by atoms with Crippen molar-refractivity contribution in [2.45, 2.75) is 18.9 Å². The molecule has 182 valence electrons. The first-order chi connectivity index (χ1) is 16.4. The quantitative estimate of drug-likeness (QED) is 0.420. The number of benzene rings is 1. The molecule has 0 unspecified atom stereocenters. The van der Waals surface area contributed by atoms with E-state index in [0.29, 0.717) is 22.5 Å². The second-order valence-electron chi connectivity index (χ2n) is 7.44. The molecule has 15 heteroatoms. The first kappa shape index (κ1) is 22.5. The summed E-state index contributed by atoms with van der Waals surface area (Å²) >= 11 is 0. The van der Waals surface area contributed by atoms with Crippen molar-refractivity contribution in [2.24, 2.45) is 0 Å². The first-order valence-electron chi connectivity index (χ1n) is 9.83. The molecule has 9 nitrogen and oxygen atoms in total. The maximum atomic E-state index is 14.1. The fourth-order valence-electron chi connectivity index (χ4n) is 3.81. The summed E-state index contributed by atoms with van der Waals surface area (Å²) in [6, 6.07) is 4.11. The van der Waals surface area contributed by atoms with Gasteiger partial charge < -0.3 is 15.0 Å². The lowest BCUT2D eigenvalue weighted by Crippen LogP contribution is -2.25. The summed E-state index contributed by atoms with van der Waals surface area (Å²) in [6.45, 7) is 0.191. The van der Waals surface area contributed by atoms with Gasteiger partial charge in [0.1, 0.15) is 23.5 Å². The summed E-state index contributed by atoms with van der Waals surface area (Å²) in [5, 5.41) is 5.73. The number of ether oxygens (including phenoxy) is 1. The maximum absolute atomic E-state index is 14.1. The number of pyridine rings is 1. The van der Waals surface area contributed by atoms with Crippen molar-refractivity contribution >= 4 is 22.6 Å². The van der Waals surface area contributed by atoms with E-state index in [1.807, 2.05) is 5.32 Å². The zero-order valence-corrected chi connectivity index (χ0v) is 17.2. The van der Waals surface area contributed by atoms with Gasteiger partial charge in [-0.2, -0.15) is 31.4 Å². The van der Waals surface area contributed by atoms with Gasteiger partial charge in [0, 0.05) is 11.9 Å². The Morgan fingerprint density at radius 3 is 2.60 bits per heavy atom. The predicted octanol–water partition coefficient (Wildman–Crippen LogP) is 3.59. The standard InChI is InChI=1S/C20H12F6N6O3/c21-19(22,23)13-7-9(3-4-27-13)29-17(33)10-8-28-32(16(10)20(24,25)26)12-2-1-11-14-15(12)35-6-5-31(14)18(34)30-11/h1-4,7-8H,5-6H2,(H,30,34)(H,27,29,33). The van der Waals surface area contributed by atoms with Crippen LogP contribution in [0.1, 0.15) is 21.7 Å². The number of imidazole rings is 1. The van der Waals surface area contributed by atoms with E-state index >= 15 is 0 Å². The van der Waals surface area contributed by atoms with E-state index in [2.05, 4.69) is 15.1 Å². The van der Waals surface area contributed by atoms with Crippen LogP contribution in [-0.2, 0) is 18.9 Å². The van der Waals surface area contributed by atoms with Gasteiger partial charge in [-0.1, -0.05) is 0 Å². The molecular weight excluding hydrogens is 486 g/mol. The molecule has 0 saturated heterocycles. The molecular formula is C20H12F6N6O3. The van der Waals surface area contributed by atoms with Crippen LogP contribution in [-0.4, -0.2) is 36.8 Å². The number of halogens is 6. The molecule has 4 heterocycles. The van der Waals surface area contributed by atoms with Crippen LogP contribution in [0.25, 0.3) is 16.7 Å². The zero-order chi connectivity index (χ0) is 25.1. The van der Waals surface area contributed by atoms with Crippen molar-refractivity contribution in [1.82, 2.24) is 24.3 Å². The molecule has 4 aromatic rings. The zero-order valence-electron chi connectivity index (χ0n) is 17.2. The molecule has 0 spiro atoms. The summed E-state index contributed by atoms with van der Waals surface area (Å²) in [4.78, 5) is 30.5. The minimum absolute atomic E-state index is 0.0103. The van der Waals surface area contributed by atoms with Gasteiger partial charge in [0.25, 0.3) is 5.91 Å². The van der Waals surface area contributed by atoms with E-state index in [-0.39, 0.29) is 30.1 Å². The molecule has 0 aliphatic carbocycles. The van der Waals surface area contributed by atoms with Gasteiger partial charge >= 0.3 is 18.0 Å². The van der Waals surface area contributed by atoms with E-state index in [1.165, 1.54) is 16.7 Å². The van der Waals surface area contributed by atoms with Gasteiger partial charge in [0.15, 0.2) is 11.4 Å². The number of hydrogen-bond acceptors (Lipinski definition) is 5. The Labute approximate surface area is 189 Å². The van der Waals surface area contributed by atoms with Crippen molar-refractivity contribution in [3.63, 3.8) is 0 Å². The number of nitrogens with one attached hydrogen (secondary N) is 2. The third-order valence-electron chi connectivity index (χ3n) is 5.25. The molecule has 0 bridgehead atoms. The van der Waals surface area contributed by atoms with Crippen LogP contribution in [0, 0.1) is 0 Å². The van der Waals surface area contributed by atoms with Crippen LogP contribution in [0.5, 0.6) is 5.75 Å². The number of amides is 1. The number of alkyl halides is 6. The third kappa shape index (κ3) is 3.77. The monoisotopic (exact) mass is 498 g/mol. The van der Waals surface area contributed by atoms with E-state index in [1.54, 1.807) is 0 Å². The fraction of sp³-hybridized carbons (Fsp3) is 0.200. The smallest absolute Gasteiger partial charge is 0.434 e. The van der Waals surface area contributed by atoms with Gasteiger partial charge in [-0.3, -0.25) is 14.3 Å². The normalized spacial score (nSPS) is 13.7. The number of aromatic nitrogens is 5. The summed E-state index contributed by atoms with van der Waals surface area (Å²) in [5.41, 5.74) is -4.21. The second-order valence-corrected chi connectivity index (χ2v) is 7.44. The molecule has 0 radical (unpaired) electrons. The summed E-state index contributed by atoms with van der Waals surface area (Å²) < 4.78 is 88.2. The Morgan fingerprint density at radius 2 is 1.89 bits per heavy atom. The van der Waals surface area contributed by atoms with E-state index < -0.39 is 46.6 Å². The van der Waals surface area contributed by atoms with Crippen molar-refractivity contribution in [1.29, 1.82) is 0 Å². The molecule has 1 aliphatic heterocycles. The highest BCUT2D eigenvalue weighted by Gasteiger charge is 2.41. The average molecular weight is 498 g/mol. The number of rotatable bonds is 3. The molecule has 1 amide bonds. The number of anilines is 1. The lowest BCUT2D eigenvalue weighted by atomic mass is 10.2. The van der Waals surface area contributed by atoms with E-state index in [9.17, 15) is 35.9 Å². The highest BCUT2D eigenvalue weighted by Crippen LogP contribution is 2.39. The van der Waals surface area contributed by atoms with Gasteiger partial charge in [0.05, 0.1) is 23.8 Å². The van der Waals surface area contributed by atoms with Gasteiger partial charge in [-0.05, 0) is 24.3 Å². The number of H-pyrrole nitrogens is 1. The lowest BCUT2D eigenvalue weighted by Gasteiger charge is -2.20. The van der Waals surface area contributed by atoms with Crippen LogP contribution < -0.4 is 15.7 Å².